The van der Waals surface area contributed by atoms with E-state index in [-0.39, 0.29) is 78.6 Å². The number of Topliss-reactive ketones (excluding diaryl/α,β-unsaturated/α-hetero) is 1. The van der Waals surface area contributed by atoms with Crippen molar-refractivity contribution in [1.29, 1.82) is 0 Å². The molecule has 5 aromatic carbocycles. The monoisotopic (exact) mass is 1300 g/mol. The molecule has 3 fully saturated rings. The number of phenols is 2. The number of carbonyl (C=O) groups excluding carboxylic acids is 8. The molecule has 5 aromatic rings. The normalized spacial score (nSPS) is 23.1. The Bertz CT molecular complexity index is 3740. The van der Waals surface area contributed by atoms with Gasteiger partial charge in [-0.2, -0.15) is 0 Å². The minimum Gasteiger partial charge on any atom is -0.507 e. The molecule has 3 aliphatic heterocycles. The zero-order valence-corrected chi connectivity index (χ0v) is 53.2. The number of carbonyl (C=O) groups is 8. The lowest BCUT2D eigenvalue weighted by Crippen LogP contribution is -2.55. The van der Waals surface area contributed by atoms with Crippen molar-refractivity contribution >= 4 is 53.1 Å². The van der Waals surface area contributed by atoms with Gasteiger partial charge in [0.15, 0.2) is 31.2 Å². The van der Waals surface area contributed by atoms with Gasteiger partial charge >= 0.3 is 18.3 Å². The second-order valence-corrected chi connectivity index (χ2v) is 24.7. The standard InChI is InChI=1S/C68H76N6O20/c1-34(2)55(71-65(82)89-32-45-41-16-11-9-14-39(41)40-15-10-12-17-42(40)45)62(81)69-35(3)61(80)70-38-22-20-37(21-23-38)31-90-66(83)72(5)24-25-73(6)67(84)91-33-49(75)68(85)29-44-52(59(79)54-53(57(44)77)56(76)43-18-13-19-47(86-7)51(43)58(54)78)48(30-68)93-50-28-46-60(36(4)92-50)94-63-64(87-8)88-27-26-74(46)63/h9-23,34-36,45-46,48,50,55,60,63-64,77,79,85H,24-33H2,1-8H3,(H,69,81)(H,70,80)(H,71,82)/t35-,36-,46-,48-,50-,55-,60+,63+,64-,68-/m0/s1. The number of nitrogens with one attached hydrogen (secondary N) is 3. The van der Waals surface area contributed by atoms with E-state index in [1.807, 2.05) is 48.5 Å². The summed E-state index contributed by atoms with van der Waals surface area (Å²) in [6.45, 7) is 6.43. The molecule has 3 heterocycles. The summed E-state index contributed by atoms with van der Waals surface area (Å²) in [6.07, 6.45) is -8.41. The van der Waals surface area contributed by atoms with Gasteiger partial charge in [0.2, 0.25) is 23.4 Å². The van der Waals surface area contributed by atoms with Crippen molar-refractivity contribution in [2.24, 2.45) is 5.92 Å². The smallest absolute Gasteiger partial charge is 0.409 e. The minimum absolute atomic E-state index is 0.0541. The van der Waals surface area contributed by atoms with Gasteiger partial charge in [-0.05, 0) is 65.8 Å². The van der Waals surface area contributed by atoms with Crippen LogP contribution in [0.1, 0.15) is 112 Å². The highest BCUT2D eigenvalue weighted by atomic mass is 16.7. The minimum atomic E-state index is -2.47. The van der Waals surface area contributed by atoms with Crippen LogP contribution < -0.4 is 20.7 Å². The molecule has 10 atom stereocenters. The third-order valence-corrected chi connectivity index (χ3v) is 18.3. The summed E-state index contributed by atoms with van der Waals surface area (Å²) in [6, 6.07) is 24.4. The first-order valence-electron chi connectivity index (χ1n) is 31.1. The Labute approximate surface area is 541 Å². The first-order valence-corrected chi connectivity index (χ1v) is 31.1. The SMILES string of the molecule is COc1cccc2c1C(=O)c1c(O)c3c(c(O)c1C2=O)C[C@@](O)(C(=O)COC(=O)N(C)CCN(C)C(=O)OCc1ccc(NC(=O)[C@H](C)NC(=O)[C@@H](NC(=O)OCC2c4ccccc4-c4ccccc42)C(C)C)cc1)C[C@@H]3O[C@H]1C[C@H]2[C@H](O[C@@H]3[C@@H](OC)OCCN32)[C@H](C)O1. The molecular weight excluding hydrogens is 1220 g/mol. The van der Waals surface area contributed by atoms with Gasteiger partial charge in [-0.1, -0.05) is 86.6 Å². The fourth-order valence-electron chi connectivity index (χ4n) is 13.3. The van der Waals surface area contributed by atoms with E-state index in [4.69, 9.17) is 42.6 Å². The molecule has 0 radical (unpaired) electrons. The molecule has 26 heteroatoms. The lowest BCUT2D eigenvalue weighted by atomic mass is 9.72. The van der Waals surface area contributed by atoms with Gasteiger partial charge in [0.25, 0.3) is 0 Å². The number of fused-ring (bicyclic) bond motifs is 9. The molecule has 6 aliphatic rings. The van der Waals surface area contributed by atoms with E-state index in [2.05, 4.69) is 20.9 Å². The van der Waals surface area contributed by atoms with Crippen molar-refractivity contribution in [3.8, 4) is 28.4 Å². The predicted octanol–water partition coefficient (Wildman–Crippen LogP) is 6.06. The highest BCUT2D eigenvalue weighted by Gasteiger charge is 2.55. The molecule has 0 bridgehead atoms. The Balaban J connectivity index is 0.659. The highest BCUT2D eigenvalue weighted by molar-refractivity contribution is 6.31. The predicted molar refractivity (Wildman–Crippen MR) is 333 cm³/mol. The number of alkyl carbamates (subject to hydrolysis) is 1. The lowest BCUT2D eigenvalue weighted by molar-refractivity contribution is -0.256. The van der Waals surface area contributed by atoms with Gasteiger partial charge in [0.1, 0.15) is 54.3 Å². The number of rotatable bonds is 20. The zero-order chi connectivity index (χ0) is 67.0. The van der Waals surface area contributed by atoms with Crippen molar-refractivity contribution in [2.45, 2.75) is 120 Å². The van der Waals surface area contributed by atoms with Crippen LogP contribution in [-0.2, 0) is 65.3 Å². The summed E-state index contributed by atoms with van der Waals surface area (Å²) in [4.78, 5) is 114. The van der Waals surface area contributed by atoms with Crippen LogP contribution >= 0.6 is 0 Å². The fraction of sp³-hybridized carbons (Fsp3) is 0.441. The lowest BCUT2D eigenvalue weighted by Gasteiger charge is -2.43. The van der Waals surface area contributed by atoms with E-state index >= 15 is 0 Å². The number of nitrogens with zero attached hydrogens (tertiary/aromatic N) is 3. The number of likely N-dealkylation sites (N-methyl/N-ethyl adjacent to an activating group) is 2. The topological polar surface area (TPSA) is 326 Å². The maximum Gasteiger partial charge on any atom is 0.409 e. The highest BCUT2D eigenvalue weighted by Crippen LogP contribution is 2.53. The van der Waals surface area contributed by atoms with Crippen LogP contribution in [0.3, 0.4) is 0 Å². The molecule has 498 valence electrons. The molecule has 0 unspecified atom stereocenters. The third kappa shape index (κ3) is 13.0. The Hall–Kier alpha value is -9.02. The fourth-order valence-corrected chi connectivity index (χ4v) is 13.3. The maximum atomic E-state index is 14.3. The second-order valence-electron chi connectivity index (χ2n) is 24.7. The van der Waals surface area contributed by atoms with Crippen molar-refractivity contribution in [2.75, 3.05) is 73.1 Å². The van der Waals surface area contributed by atoms with Gasteiger partial charge in [0, 0.05) is 94.4 Å². The Morgan fingerprint density at radius 3 is 2.06 bits per heavy atom. The third-order valence-electron chi connectivity index (χ3n) is 18.3. The summed E-state index contributed by atoms with van der Waals surface area (Å²) >= 11 is 0. The summed E-state index contributed by atoms with van der Waals surface area (Å²) in [5.41, 5.74) is 1.02. The van der Waals surface area contributed by atoms with Gasteiger partial charge < -0.3 is 83.7 Å². The maximum absolute atomic E-state index is 14.3. The number of benzene rings is 5. The number of amides is 5. The summed E-state index contributed by atoms with van der Waals surface area (Å²) in [5, 5.41) is 44.8. The molecule has 5 amide bonds. The quantitative estimate of drug-likeness (QED) is 0.0373. The Morgan fingerprint density at radius 2 is 1.40 bits per heavy atom. The Kier molecular flexibility index (Phi) is 19.4. The number of aromatic hydroxyl groups is 2. The van der Waals surface area contributed by atoms with Crippen molar-refractivity contribution in [1.82, 2.24) is 25.3 Å². The zero-order valence-electron chi connectivity index (χ0n) is 53.2. The first-order chi connectivity index (χ1) is 45.0. The van der Waals surface area contributed by atoms with Gasteiger partial charge in [0.05, 0.1) is 42.6 Å². The number of hydrogen-bond donors (Lipinski definition) is 6. The Morgan fingerprint density at radius 1 is 0.755 bits per heavy atom. The van der Waals surface area contributed by atoms with Crippen LogP contribution in [0.2, 0.25) is 0 Å². The van der Waals surface area contributed by atoms with E-state index in [1.54, 1.807) is 45.0 Å². The molecule has 94 heavy (non-hydrogen) atoms. The van der Waals surface area contributed by atoms with E-state index in [0.29, 0.717) is 24.4 Å². The molecule has 26 nitrogen and oxygen atoms in total. The van der Waals surface area contributed by atoms with Crippen molar-refractivity contribution < 1.29 is 96.3 Å². The van der Waals surface area contributed by atoms with Gasteiger partial charge in [-0.25, -0.2) is 14.4 Å². The molecule has 6 N–H and O–H groups in total. The van der Waals surface area contributed by atoms with Crippen LogP contribution in [0.15, 0.2) is 91.0 Å². The number of ether oxygens (including phenoxy) is 9. The number of phenolic OH excluding ortho intramolecular Hbond substituents is 2. The van der Waals surface area contributed by atoms with E-state index < -0.39 is 144 Å². The second kappa shape index (κ2) is 27.5. The van der Waals surface area contributed by atoms with Crippen LogP contribution in [0.4, 0.5) is 20.1 Å². The molecule has 0 aromatic heterocycles. The molecule has 3 saturated heterocycles. The van der Waals surface area contributed by atoms with E-state index in [1.165, 1.54) is 58.3 Å². The van der Waals surface area contributed by atoms with Crippen LogP contribution in [0.5, 0.6) is 17.2 Å². The van der Waals surface area contributed by atoms with E-state index in [9.17, 15) is 53.7 Å². The molecule has 0 saturated carbocycles. The number of ketones is 3. The molecule has 3 aliphatic carbocycles. The van der Waals surface area contributed by atoms with Crippen LogP contribution in [-0.4, -0.2) is 200 Å². The van der Waals surface area contributed by atoms with Gasteiger partial charge in [-0.15, -0.1) is 0 Å². The number of morpholine rings is 1. The summed E-state index contributed by atoms with van der Waals surface area (Å²) in [5.74, 6) is -5.73. The van der Waals surface area contributed by atoms with E-state index in [0.717, 1.165) is 27.2 Å². The van der Waals surface area contributed by atoms with Crippen molar-refractivity contribution in [3.05, 3.63) is 141 Å². The molecule has 0 spiro atoms. The number of aliphatic hydroxyl groups is 1. The van der Waals surface area contributed by atoms with Gasteiger partial charge in [-0.3, -0.25) is 28.9 Å². The molecular formula is C68H76N6O20. The number of anilines is 1. The average Bonchev–Trinajstić information content (AvgIpc) is 0.954. The van der Waals surface area contributed by atoms with Crippen LogP contribution in [0, 0.1) is 5.92 Å². The summed E-state index contributed by atoms with van der Waals surface area (Å²) < 4.78 is 52.6. The first kappa shape index (κ1) is 66.4. The van der Waals surface area contributed by atoms with Crippen LogP contribution in [0.25, 0.3) is 11.1 Å². The average molecular weight is 1300 g/mol. The number of hydrogen-bond acceptors (Lipinski definition) is 21. The summed E-state index contributed by atoms with van der Waals surface area (Å²) in [7, 11) is 5.63. The largest absolute Gasteiger partial charge is 0.507 e. The number of methoxy groups -OCH3 is 2. The van der Waals surface area contributed by atoms with Crippen molar-refractivity contribution in [3.63, 3.8) is 0 Å². The molecule has 11 rings (SSSR count).